The first-order valence-electron chi connectivity index (χ1n) is 6.75. The van der Waals surface area contributed by atoms with E-state index in [1.807, 2.05) is 42.2 Å². The van der Waals surface area contributed by atoms with Crippen molar-refractivity contribution in [3.05, 3.63) is 47.3 Å². The summed E-state index contributed by atoms with van der Waals surface area (Å²) in [6.45, 7) is 0.0937. The summed E-state index contributed by atoms with van der Waals surface area (Å²) in [6, 6.07) is 8.30. The molecule has 2 N–H and O–H groups in total. The second kappa shape index (κ2) is 5.05. The average Bonchev–Trinajstić information content (AvgIpc) is 2.83. The molecule has 4 nitrogen and oxygen atoms in total. The number of nitrogens with one attached hydrogen (secondary N) is 1. The number of benzene rings is 1. The fourth-order valence-corrected chi connectivity index (χ4v) is 2.76. The molecule has 0 bridgehead atoms. The molecule has 100 valence electrons. The van der Waals surface area contributed by atoms with Crippen LogP contribution in [0.25, 0.3) is 0 Å². The maximum absolute atomic E-state index is 9.05. The Labute approximate surface area is 113 Å². The minimum Gasteiger partial charge on any atom is -0.392 e. The number of anilines is 1. The highest BCUT2D eigenvalue weighted by Crippen LogP contribution is 2.32. The minimum atomic E-state index is 0.0937. The molecular formula is C15H19N3O. The largest absolute Gasteiger partial charge is 0.392 e. The van der Waals surface area contributed by atoms with Gasteiger partial charge in [0.15, 0.2) is 0 Å². The van der Waals surface area contributed by atoms with Crippen LogP contribution in [-0.2, 0) is 20.1 Å². The molecule has 1 heterocycles. The highest BCUT2D eigenvalue weighted by Gasteiger charge is 2.23. The quantitative estimate of drug-likeness (QED) is 0.887. The van der Waals surface area contributed by atoms with Crippen molar-refractivity contribution in [1.29, 1.82) is 0 Å². The van der Waals surface area contributed by atoms with Gasteiger partial charge in [0.1, 0.15) is 0 Å². The predicted octanol–water partition coefficient (Wildman–Crippen LogP) is 2.40. The minimum absolute atomic E-state index is 0.0937. The normalized spacial score (nSPS) is 18.1. The van der Waals surface area contributed by atoms with Gasteiger partial charge in [-0.15, -0.1) is 0 Å². The van der Waals surface area contributed by atoms with Crippen LogP contribution in [0.1, 0.15) is 35.7 Å². The fourth-order valence-electron chi connectivity index (χ4n) is 2.76. The average molecular weight is 257 g/mol. The molecule has 0 spiro atoms. The van der Waals surface area contributed by atoms with Crippen molar-refractivity contribution in [1.82, 2.24) is 9.78 Å². The van der Waals surface area contributed by atoms with Gasteiger partial charge in [0.2, 0.25) is 0 Å². The number of nitrogens with zero attached hydrogens (tertiary/aromatic N) is 2. The Kier molecular flexibility index (Phi) is 3.25. The third kappa shape index (κ3) is 2.36. The molecule has 4 heteroatoms. The molecule has 0 fully saturated rings. The number of aromatic nitrogens is 2. The molecule has 1 unspecified atom stereocenters. The molecule has 1 aromatic carbocycles. The highest BCUT2D eigenvalue weighted by atomic mass is 16.3. The Balaban J connectivity index is 1.80. The van der Waals surface area contributed by atoms with E-state index in [4.69, 9.17) is 5.11 Å². The van der Waals surface area contributed by atoms with Gasteiger partial charge in [0, 0.05) is 24.0 Å². The zero-order valence-corrected chi connectivity index (χ0v) is 11.1. The Morgan fingerprint density at radius 1 is 1.37 bits per heavy atom. The third-order valence-electron chi connectivity index (χ3n) is 3.85. The zero-order valence-electron chi connectivity index (χ0n) is 11.1. The van der Waals surface area contributed by atoms with Crippen LogP contribution in [0.5, 0.6) is 0 Å². The van der Waals surface area contributed by atoms with Crippen molar-refractivity contribution in [3.63, 3.8) is 0 Å². The van der Waals surface area contributed by atoms with Gasteiger partial charge < -0.3 is 10.4 Å². The van der Waals surface area contributed by atoms with E-state index in [0.717, 1.165) is 24.1 Å². The van der Waals surface area contributed by atoms with Crippen LogP contribution in [0.2, 0.25) is 0 Å². The third-order valence-corrected chi connectivity index (χ3v) is 3.85. The smallest absolute Gasteiger partial charge is 0.0681 e. The van der Waals surface area contributed by atoms with E-state index < -0.39 is 0 Å². The molecular weight excluding hydrogens is 238 g/mol. The molecule has 0 saturated heterocycles. The monoisotopic (exact) mass is 257 g/mol. The van der Waals surface area contributed by atoms with E-state index >= 15 is 0 Å². The van der Waals surface area contributed by atoms with Crippen LogP contribution in [0, 0.1) is 0 Å². The van der Waals surface area contributed by atoms with E-state index in [2.05, 4.69) is 10.4 Å². The summed E-state index contributed by atoms with van der Waals surface area (Å²) >= 11 is 0. The molecule has 3 rings (SSSR count). The molecule has 0 radical (unpaired) electrons. The first-order valence-corrected chi connectivity index (χ1v) is 6.75. The molecule has 19 heavy (non-hydrogen) atoms. The second-order valence-electron chi connectivity index (χ2n) is 5.11. The maximum atomic E-state index is 9.05. The molecule has 1 atom stereocenters. The van der Waals surface area contributed by atoms with Crippen molar-refractivity contribution in [2.24, 2.45) is 7.05 Å². The molecule has 1 aromatic heterocycles. The van der Waals surface area contributed by atoms with Crippen LogP contribution >= 0.6 is 0 Å². The van der Waals surface area contributed by atoms with Crippen molar-refractivity contribution >= 4 is 5.69 Å². The van der Waals surface area contributed by atoms with Crippen LogP contribution in [0.4, 0.5) is 5.69 Å². The lowest BCUT2D eigenvalue weighted by molar-refractivity contribution is 0.282. The number of aliphatic hydroxyl groups excluding tert-OH is 1. The summed E-state index contributed by atoms with van der Waals surface area (Å²) in [7, 11) is 2.01. The number of hydrogen-bond acceptors (Lipinski definition) is 3. The van der Waals surface area contributed by atoms with Crippen molar-refractivity contribution < 1.29 is 5.11 Å². The van der Waals surface area contributed by atoms with E-state index in [0.29, 0.717) is 6.04 Å². The summed E-state index contributed by atoms with van der Waals surface area (Å²) in [5, 5.41) is 17.0. The number of aryl methyl sites for hydroxylation is 1. The first-order chi connectivity index (χ1) is 9.28. The summed E-state index contributed by atoms with van der Waals surface area (Å²) in [5.41, 5.74) is 4.70. The lowest BCUT2D eigenvalue weighted by Gasteiger charge is -2.24. The maximum Gasteiger partial charge on any atom is 0.0681 e. The van der Waals surface area contributed by atoms with Crippen LogP contribution in [0.15, 0.2) is 30.5 Å². The van der Waals surface area contributed by atoms with Gasteiger partial charge in [0.25, 0.3) is 0 Å². The van der Waals surface area contributed by atoms with E-state index in [9.17, 15) is 0 Å². The number of rotatable bonds is 3. The van der Waals surface area contributed by atoms with E-state index in [-0.39, 0.29) is 6.61 Å². The van der Waals surface area contributed by atoms with Crippen LogP contribution in [0.3, 0.4) is 0 Å². The first kappa shape index (κ1) is 12.2. The molecule has 0 aliphatic heterocycles. The van der Waals surface area contributed by atoms with Gasteiger partial charge in [-0.3, -0.25) is 4.68 Å². The Hall–Kier alpha value is -1.81. The lowest BCUT2D eigenvalue weighted by Crippen LogP contribution is -2.17. The zero-order chi connectivity index (χ0) is 13.2. The molecule has 1 aliphatic rings. The Morgan fingerprint density at radius 3 is 2.89 bits per heavy atom. The van der Waals surface area contributed by atoms with Gasteiger partial charge in [-0.05, 0) is 37.0 Å². The number of aliphatic hydroxyl groups is 1. The van der Waals surface area contributed by atoms with Gasteiger partial charge >= 0.3 is 0 Å². The molecule has 0 amide bonds. The Bertz CT molecular complexity index is 559. The van der Waals surface area contributed by atoms with E-state index in [1.165, 1.54) is 17.7 Å². The van der Waals surface area contributed by atoms with Crippen LogP contribution < -0.4 is 5.32 Å². The summed E-state index contributed by atoms with van der Waals surface area (Å²) < 4.78 is 1.98. The summed E-state index contributed by atoms with van der Waals surface area (Å²) in [4.78, 5) is 0. The van der Waals surface area contributed by atoms with Crippen molar-refractivity contribution in [2.45, 2.75) is 31.9 Å². The standard InChI is InChI=1S/C15H19N3O/c1-18-15-4-2-3-14(13(15)9-16-18)17-12-7-5-11(10-19)6-8-12/h5-9,14,17,19H,2-4,10H2,1H3. The van der Waals surface area contributed by atoms with Gasteiger partial charge in [0.05, 0.1) is 18.8 Å². The lowest BCUT2D eigenvalue weighted by atomic mass is 9.93. The highest BCUT2D eigenvalue weighted by molar-refractivity contribution is 5.47. The van der Waals surface area contributed by atoms with Crippen molar-refractivity contribution in [2.75, 3.05) is 5.32 Å². The van der Waals surface area contributed by atoms with Crippen LogP contribution in [-0.4, -0.2) is 14.9 Å². The fraction of sp³-hybridized carbons (Fsp3) is 0.400. The van der Waals surface area contributed by atoms with Crippen molar-refractivity contribution in [3.8, 4) is 0 Å². The molecule has 2 aromatic rings. The Morgan fingerprint density at radius 2 is 2.16 bits per heavy atom. The topological polar surface area (TPSA) is 50.1 Å². The van der Waals surface area contributed by atoms with Gasteiger partial charge in [-0.2, -0.15) is 5.10 Å². The molecule has 1 aliphatic carbocycles. The second-order valence-corrected chi connectivity index (χ2v) is 5.11. The van der Waals surface area contributed by atoms with E-state index in [1.54, 1.807) is 0 Å². The van der Waals surface area contributed by atoms with Gasteiger partial charge in [-0.1, -0.05) is 12.1 Å². The number of hydrogen-bond donors (Lipinski definition) is 2. The predicted molar refractivity (Wildman–Crippen MR) is 74.9 cm³/mol. The van der Waals surface area contributed by atoms with Gasteiger partial charge in [-0.25, -0.2) is 0 Å². The molecule has 0 saturated carbocycles. The number of fused-ring (bicyclic) bond motifs is 1. The summed E-state index contributed by atoms with van der Waals surface area (Å²) in [5.74, 6) is 0. The summed E-state index contributed by atoms with van der Waals surface area (Å²) in [6.07, 6.45) is 5.43. The SMILES string of the molecule is Cn1ncc2c1CCCC2Nc1ccc(CO)cc1.